The van der Waals surface area contributed by atoms with Crippen molar-refractivity contribution in [3.8, 4) is 0 Å². The molecular weight excluding hydrogens is 382 g/mol. The molecule has 5 nitrogen and oxygen atoms in total. The van der Waals surface area contributed by atoms with Gasteiger partial charge in [0.1, 0.15) is 5.82 Å². The van der Waals surface area contributed by atoms with Crippen molar-refractivity contribution >= 4 is 13.6 Å². The third-order valence-electron chi connectivity index (χ3n) is 4.20. The third kappa shape index (κ3) is 6.26. The van der Waals surface area contributed by atoms with Crippen molar-refractivity contribution in [2.75, 3.05) is 20.3 Å². The van der Waals surface area contributed by atoms with Crippen LogP contribution in [-0.4, -0.2) is 26.3 Å². The van der Waals surface area contributed by atoms with E-state index in [4.69, 9.17) is 13.8 Å². The Kier molecular flexibility index (Phi) is 8.36. The van der Waals surface area contributed by atoms with Gasteiger partial charge in [0.15, 0.2) is 0 Å². The van der Waals surface area contributed by atoms with Crippen LogP contribution in [0, 0.1) is 5.82 Å². The summed E-state index contributed by atoms with van der Waals surface area (Å²) in [5.41, 5.74) is 2.87. The van der Waals surface area contributed by atoms with Crippen LogP contribution in [0.1, 0.15) is 40.9 Å². The number of carbonyl (C=O) groups is 1. The average Bonchev–Trinajstić information content (AvgIpc) is 2.67. The van der Waals surface area contributed by atoms with Crippen LogP contribution in [0.3, 0.4) is 0 Å². The highest BCUT2D eigenvalue weighted by molar-refractivity contribution is 7.53. The van der Waals surface area contributed by atoms with Gasteiger partial charge in [0.2, 0.25) is 0 Å². The van der Waals surface area contributed by atoms with Crippen molar-refractivity contribution in [2.45, 2.75) is 32.9 Å². The van der Waals surface area contributed by atoms with Gasteiger partial charge in [-0.3, -0.25) is 4.57 Å². The number of hydrogen-bond donors (Lipinski definition) is 0. The van der Waals surface area contributed by atoms with Crippen LogP contribution in [0.4, 0.5) is 4.39 Å². The fourth-order valence-electron chi connectivity index (χ4n) is 2.92. The fourth-order valence-corrected chi connectivity index (χ4v) is 4.60. The molecule has 0 saturated carbocycles. The number of esters is 1. The largest absolute Gasteiger partial charge is 0.465 e. The molecule has 28 heavy (non-hydrogen) atoms. The van der Waals surface area contributed by atoms with Gasteiger partial charge in [0.05, 0.1) is 32.0 Å². The number of rotatable bonds is 10. The summed E-state index contributed by atoms with van der Waals surface area (Å²) in [6.07, 6.45) is 1.32. The number of methoxy groups -OCH3 is 1. The summed E-state index contributed by atoms with van der Waals surface area (Å²) in [6, 6.07) is 11.6. The van der Waals surface area contributed by atoms with E-state index in [-0.39, 0.29) is 25.2 Å². The smallest absolute Gasteiger partial charge is 0.338 e. The number of aryl methyl sites for hydroxylation is 2. The van der Waals surface area contributed by atoms with Crippen LogP contribution in [0.5, 0.6) is 0 Å². The molecule has 7 heteroatoms. The molecule has 0 unspecified atom stereocenters. The first-order chi connectivity index (χ1) is 13.4. The zero-order valence-electron chi connectivity index (χ0n) is 16.4. The lowest BCUT2D eigenvalue weighted by molar-refractivity contribution is 0.0599. The Labute approximate surface area is 165 Å². The van der Waals surface area contributed by atoms with E-state index in [9.17, 15) is 13.8 Å². The highest BCUT2D eigenvalue weighted by Crippen LogP contribution is 2.51. The Hall–Kier alpha value is -2.01. The van der Waals surface area contributed by atoms with E-state index >= 15 is 0 Å². The van der Waals surface area contributed by atoms with E-state index in [1.165, 1.54) is 19.2 Å². The molecule has 0 bridgehead atoms. The van der Waals surface area contributed by atoms with Crippen molar-refractivity contribution in [1.29, 1.82) is 0 Å². The lowest BCUT2D eigenvalue weighted by Crippen LogP contribution is -2.08. The standard InChI is InChI=1S/C21H26FO5P/c1-4-26-28(24,27-5-2)15-17-7-11-18(20(14-17)21(23)25-3)10-6-16-8-12-19(22)13-9-16/h7-9,11-14H,4-6,10,15H2,1-3H3. The van der Waals surface area contributed by atoms with Crippen LogP contribution < -0.4 is 0 Å². The highest BCUT2D eigenvalue weighted by Gasteiger charge is 2.25. The van der Waals surface area contributed by atoms with Crippen molar-refractivity contribution in [3.63, 3.8) is 0 Å². The van der Waals surface area contributed by atoms with E-state index < -0.39 is 13.6 Å². The Morgan fingerprint density at radius 1 is 0.964 bits per heavy atom. The van der Waals surface area contributed by atoms with E-state index in [0.717, 1.165) is 11.1 Å². The molecular formula is C21H26FO5P. The Morgan fingerprint density at radius 3 is 2.14 bits per heavy atom. The first-order valence-corrected chi connectivity index (χ1v) is 11.0. The molecule has 0 atom stereocenters. The normalized spacial score (nSPS) is 11.4. The molecule has 0 saturated heterocycles. The van der Waals surface area contributed by atoms with Gasteiger partial charge in [0.25, 0.3) is 0 Å². The second-order valence-electron chi connectivity index (χ2n) is 6.21. The van der Waals surface area contributed by atoms with Gasteiger partial charge in [-0.1, -0.05) is 24.3 Å². The van der Waals surface area contributed by atoms with Crippen molar-refractivity contribution < 1.29 is 27.5 Å². The average molecular weight is 408 g/mol. The number of hydrogen-bond acceptors (Lipinski definition) is 5. The number of carbonyl (C=O) groups excluding carboxylic acids is 1. The summed E-state index contributed by atoms with van der Waals surface area (Å²) < 4.78 is 41.4. The Bertz CT molecular complexity index is 825. The van der Waals surface area contributed by atoms with Gasteiger partial charge in [-0.15, -0.1) is 0 Å². The minimum Gasteiger partial charge on any atom is -0.465 e. The molecule has 2 aromatic carbocycles. The van der Waals surface area contributed by atoms with Gasteiger partial charge in [-0.25, -0.2) is 9.18 Å². The molecule has 152 valence electrons. The van der Waals surface area contributed by atoms with Crippen LogP contribution in [0.2, 0.25) is 0 Å². The molecule has 0 spiro atoms. The number of ether oxygens (including phenoxy) is 1. The highest BCUT2D eigenvalue weighted by atomic mass is 31.2. The molecule has 0 aliphatic rings. The second-order valence-corrected chi connectivity index (χ2v) is 8.27. The monoisotopic (exact) mass is 408 g/mol. The molecule has 0 aromatic heterocycles. The maximum Gasteiger partial charge on any atom is 0.338 e. The number of benzene rings is 2. The molecule has 0 fully saturated rings. The van der Waals surface area contributed by atoms with Crippen LogP contribution in [-0.2, 0) is 37.4 Å². The maximum absolute atomic E-state index is 13.1. The van der Waals surface area contributed by atoms with E-state index in [1.807, 2.05) is 12.1 Å². The predicted molar refractivity (Wildman–Crippen MR) is 106 cm³/mol. The van der Waals surface area contributed by atoms with Crippen molar-refractivity contribution in [3.05, 3.63) is 70.5 Å². The predicted octanol–water partition coefficient (Wildman–Crippen LogP) is 5.16. The topological polar surface area (TPSA) is 61.8 Å². The summed E-state index contributed by atoms with van der Waals surface area (Å²) in [4.78, 5) is 12.3. The lowest BCUT2D eigenvalue weighted by Gasteiger charge is -2.18. The SMILES string of the molecule is CCOP(=O)(Cc1ccc(CCc2ccc(F)cc2)c(C(=O)OC)c1)OCC. The Balaban J connectivity index is 2.23. The van der Waals surface area contributed by atoms with E-state index in [2.05, 4.69) is 0 Å². The van der Waals surface area contributed by atoms with Gasteiger partial charge < -0.3 is 13.8 Å². The molecule has 0 aliphatic carbocycles. The van der Waals surface area contributed by atoms with Crippen molar-refractivity contribution in [1.82, 2.24) is 0 Å². The summed E-state index contributed by atoms with van der Waals surface area (Å²) >= 11 is 0. The summed E-state index contributed by atoms with van der Waals surface area (Å²) in [6.45, 7) is 4.06. The zero-order valence-corrected chi connectivity index (χ0v) is 17.3. The molecule has 0 amide bonds. The quantitative estimate of drug-likeness (QED) is 0.401. The first kappa shape index (κ1) is 22.3. The van der Waals surface area contributed by atoms with Crippen molar-refractivity contribution in [2.24, 2.45) is 0 Å². The maximum atomic E-state index is 13.1. The first-order valence-electron chi connectivity index (χ1n) is 9.23. The Morgan fingerprint density at radius 2 is 1.57 bits per heavy atom. The fraction of sp³-hybridized carbons (Fsp3) is 0.381. The minimum atomic E-state index is -3.27. The van der Waals surface area contributed by atoms with Gasteiger partial charge in [0, 0.05) is 0 Å². The molecule has 0 heterocycles. The van der Waals surface area contributed by atoms with E-state index in [1.54, 1.807) is 32.0 Å². The minimum absolute atomic E-state index is 0.0803. The lowest BCUT2D eigenvalue weighted by atomic mass is 9.98. The summed E-state index contributed by atoms with van der Waals surface area (Å²) in [5.74, 6) is -0.741. The van der Waals surface area contributed by atoms with Gasteiger partial charge in [-0.05, 0) is 61.6 Å². The molecule has 0 N–H and O–H groups in total. The number of halogens is 1. The summed E-state index contributed by atoms with van der Waals surface area (Å²) in [5, 5.41) is 0. The molecule has 0 radical (unpaired) electrons. The van der Waals surface area contributed by atoms with Gasteiger partial charge >= 0.3 is 13.6 Å². The van der Waals surface area contributed by atoms with Crippen LogP contribution in [0.15, 0.2) is 42.5 Å². The molecule has 2 aromatic rings. The van der Waals surface area contributed by atoms with E-state index in [0.29, 0.717) is 24.0 Å². The molecule has 0 aliphatic heterocycles. The second kappa shape index (κ2) is 10.5. The zero-order chi connectivity index (χ0) is 20.6. The third-order valence-corrected chi connectivity index (χ3v) is 6.26. The molecule has 2 rings (SSSR count). The van der Waals surface area contributed by atoms with Crippen LogP contribution >= 0.6 is 7.60 Å². The summed E-state index contributed by atoms with van der Waals surface area (Å²) in [7, 11) is -1.95. The van der Waals surface area contributed by atoms with Gasteiger partial charge in [-0.2, -0.15) is 0 Å². The van der Waals surface area contributed by atoms with Crippen LogP contribution in [0.25, 0.3) is 0 Å².